The standard InChI is InChI=1S/C14H13N3O2S2/c1-17-3-2-7-4-8-11(5-10(7)17)21-13(15-8)12-16-9(6-20-12)14(18)19/h4-5,9H,2-3,6H2,1H3,(H,18,19)/t9-/m1/s1. The largest absolute Gasteiger partial charge is 0.480 e. The molecule has 0 saturated carbocycles. The second-order valence-electron chi connectivity index (χ2n) is 5.24. The Morgan fingerprint density at radius 3 is 3.10 bits per heavy atom. The molecule has 1 N–H and O–H groups in total. The number of aromatic nitrogens is 1. The molecule has 3 heterocycles. The lowest BCUT2D eigenvalue weighted by molar-refractivity contribution is -0.137. The summed E-state index contributed by atoms with van der Waals surface area (Å²) in [6.07, 6.45) is 1.06. The number of carbonyl (C=O) groups is 1. The lowest BCUT2D eigenvalue weighted by atomic mass is 10.1. The minimum absolute atomic E-state index is 0.500. The number of carboxylic acid groups (broad SMARTS) is 1. The minimum Gasteiger partial charge on any atom is -0.480 e. The molecule has 4 rings (SSSR count). The molecule has 108 valence electrons. The zero-order chi connectivity index (χ0) is 14.6. The molecular formula is C14H13N3O2S2. The van der Waals surface area contributed by atoms with Crippen molar-refractivity contribution in [1.29, 1.82) is 0 Å². The number of likely N-dealkylation sites (N-methyl/N-ethyl adjacent to an activating group) is 1. The third kappa shape index (κ3) is 2.11. The first kappa shape index (κ1) is 13.1. The minimum atomic E-state index is -0.862. The molecule has 21 heavy (non-hydrogen) atoms. The van der Waals surface area contributed by atoms with Crippen molar-refractivity contribution in [3.8, 4) is 0 Å². The molecule has 5 nitrogen and oxygen atoms in total. The highest BCUT2D eigenvalue weighted by atomic mass is 32.2. The summed E-state index contributed by atoms with van der Waals surface area (Å²) in [7, 11) is 2.11. The van der Waals surface area contributed by atoms with Crippen LogP contribution in [0.2, 0.25) is 0 Å². The molecule has 0 radical (unpaired) electrons. The predicted molar refractivity (Wildman–Crippen MR) is 87.0 cm³/mol. The van der Waals surface area contributed by atoms with E-state index in [4.69, 9.17) is 5.11 Å². The zero-order valence-electron chi connectivity index (χ0n) is 11.4. The Bertz CT molecular complexity index is 784. The number of thiazole rings is 1. The van der Waals surface area contributed by atoms with E-state index in [1.807, 2.05) is 0 Å². The van der Waals surface area contributed by atoms with Gasteiger partial charge in [-0.05, 0) is 24.1 Å². The molecule has 0 saturated heterocycles. The lowest BCUT2D eigenvalue weighted by Gasteiger charge is -2.10. The summed E-state index contributed by atoms with van der Waals surface area (Å²) in [5.74, 6) is -0.362. The summed E-state index contributed by atoms with van der Waals surface area (Å²) in [5, 5.41) is 10.6. The maximum absolute atomic E-state index is 11.0. The van der Waals surface area contributed by atoms with Gasteiger partial charge in [-0.2, -0.15) is 0 Å². The molecule has 2 aliphatic heterocycles. The average Bonchev–Trinajstić information content (AvgIpc) is 3.14. The summed E-state index contributed by atoms with van der Waals surface area (Å²) < 4.78 is 1.14. The van der Waals surface area contributed by atoms with E-state index in [0.29, 0.717) is 5.75 Å². The van der Waals surface area contributed by atoms with E-state index >= 15 is 0 Å². The zero-order valence-corrected chi connectivity index (χ0v) is 13.0. The van der Waals surface area contributed by atoms with Crippen LogP contribution in [0, 0.1) is 0 Å². The number of benzene rings is 1. The number of anilines is 1. The van der Waals surface area contributed by atoms with Crippen LogP contribution >= 0.6 is 23.1 Å². The number of thioether (sulfide) groups is 1. The molecule has 0 unspecified atom stereocenters. The highest BCUT2D eigenvalue weighted by Crippen LogP contribution is 2.35. The summed E-state index contributed by atoms with van der Waals surface area (Å²) in [6, 6.07) is 3.71. The van der Waals surface area contributed by atoms with Crippen LogP contribution in [0.25, 0.3) is 10.2 Å². The fourth-order valence-corrected chi connectivity index (χ4v) is 4.76. The third-order valence-corrected chi connectivity index (χ3v) is 6.04. The van der Waals surface area contributed by atoms with E-state index in [9.17, 15) is 4.79 Å². The van der Waals surface area contributed by atoms with Gasteiger partial charge in [0.25, 0.3) is 0 Å². The second-order valence-corrected chi connectivity index (χ2v) is 7.28. The smallest absolute Gasteiger partial charge is 0.329 e. The first-order valence-corrected chi connectivity index (χ1v) is 8.50. The topological polar surface area (TPSA) is 65.8 Å². The van der Waals surface area contributed by atoms with Gasteiger partial charge in [0.1, 0.15) is 10.1 Å². The highest BCUT2D eigenvalue weighted by Gasteiger charge is 2.27. The molecule has 0 spiro atoms. The van der Waals surface area contributed by atoms with Crippen LogP contribution in [0.1, 0.15) is 10.6 Å². The molecule has 0 bridgehead atoms. The monoisotopic (exact) mass is 319 g/mol. The van der Waals surface area contributed by atoms with Gasteiger partial charge in [0.15, 0.2) is 6.04 Å². The van der Waals surface area contributed by atoms with Crippen LogP contribution in [-0.2, 0) is 11.2 Å². The third-order valence-electron chi connectivity index (χ3n) is 3.84. The quantitative estimate of drug-likeness (QED) is 0.919. The maximum Gasteiger partial charge on any atom is 0.329 e. The Kier molecular flexibility index (Phi) is 2.93. The van der Waals surface area contributed by atoms with Crippen LogP contribution in [-0.4, -0.2) is 46.5 Å². The first-order chi connectivity index (χ1) is 10.1. The molecule has 7 heteroatoms. The van der Waals surface area contributed by atoms with Gasteiger partial charge < -0.3 is 10.0 Å². The molecule has 1 aromatic heterocycles. The number of hydrogen-bond acceptors (Lipinski definition) is 6. The van der Waals surface area contributed by atoms with E-state index in [-0.39, 0.29) is 0 Å². The summed E-state index contributed by atoms with van der Waals surface area (Å²) >= 11 is 3.08. The Balaban J connectivity index is 1.75. The molecule has 1 aromatic carbocycles. The van der Waals surface area contributed by atoms with Crippen LogP contribution in [0.5, 0.6) is 0 Å². The van der Waals surface area contributed by atoms with Crippen molar-refractivity contribution in [3.63, 3.8) is 0 Å². The van der Waals surface area contributed by atoms with Crippen molar-refractivity contribution in [2.24, 2.45) is 4.99 Å². The number of rotatable bonds is 2. The van der Waals surface area contributed by atoms with Crippen molar-refractivity contribution < 1.29 is 9.90 Å². The summed E-state index contributed by atoms with van der Waals surface area (Å²) in [4.78, 5) is 22.2. The fraction of sp³-hybridized carbons (Fsp3) is 0.357. The fourth-order valence-electron chi connectivity index (χ4n) is 2.68. The van der Waals surface area contributed by atoms with Crippen molar-refractivity contribution in [2.75, 3.05) is 24.2 Å². The van der Waals surface area contributed by atoms with E-state index in [0.717, 1.165) is 33.2 Å². The molecular weight excluding hydrogens is 306 g/mol. The second kappa shape index (κ2) is 4.71. The van der Waals surface area contributed by atoms with Gasteiger partial charge in [-0.25, -0.2) is 9.78 Å². The Hall–Kier alpha value is -1.60. The van der Waals surface area contributed by atoms with Crippen molar-refractivity contribution in [1.82, 2.24) is 4.98 Å². The van der Waals surface area contributed by atoms with Gasteiger partial charge in [0, 0.05) is 25.0 Å². The van der Waals surface area contributed by atoms with E-state index < -0.39 is 12.0 Å². The predicted octanol–water partition coefficient (Wildman–Crippen LogP) is 2.24. The SMILES string of the molecule is CN1CCc2cc3nc(C4=N[C@@H](C(=O)O)CS4)sc3cc21. The summed E-state index contributed by atoms with van der Waals surface area (Å²) in [6.45, 7) is 1.06. The molecule has 0 fully saturated rings. The molecule has 1 atom stereocenters. The molecule has 0 amide bonds. The normalized spacial score (nSPS) is 20.9. The highest BCUT2D eigenvalue weighted by molar-refractivity contribution is 8.15. The van der Waals surface area contributed by atoms with Crippen LogP contribution in [0.4, 0.5) is 5.69 Å². The van der Waals surface area contributed by atoms with Crippen LogP contribution in [0.3, 0.4) is 0 Å². The van der Waals surface area contributed by atoms with Gasteiger partial charge in [-0.3, -0.25) is 4.99 Å². The Morgan fingerprint density at radius 1 is 1.48 bits per heavy atom. The Labute approximate surface area is 129 Å². The maximum atomic E-state index is 11.0. The Morgan fingerprint density at radius 2 is 2.33 bits per heavy atom. The van der Waals surface area contributed by atoms with Gasteiger partial charge >= 0.3 is 5.97 Å². The van der Waals surface area contributed by atoms with Crippen LogP contribution < -0.4 is 4.90 Å². The molecule has 2 aromatic rings. The first-order valence-electron chi connectivity index (χ1n) is 6.70. The number of aliphatic carboxylic acids is 1. The van der Waals surface area contributed by atoms with Gasteiger partial charge in [-0.15, -0.1) is 23.1 Å². The van der Waals surface area contributed by atoms with E-state index in [1.54, 1.807) is 11.3 Å². The van der Waals surface area contributed by atoms with Crippen LogP contribution in [0.15, 0.2) is 17.1 Å². The van der Waals surface area contributed by atoms with E-state index in [1.165, 1.54) is 23.0 Å². The average molecular weight is 319 g/mol. The molecule has 2 aliphatic rings. The molecule has 0 aliphatic carbocycles. The van der Waals surface area contributed by atoms with Crippen molar-refractivity contribution in [2.45, 2.75) is 12.5 Å². The van der Waals surface area contributed by atoms with Crippen molar-refractivity contribution >= 4 is 50.0 Å². The van der Waals surface area contributed by atoms with Gasteiger partial charge in [0.2, 0.25) is 0 Å². The lowest BCUT2D eigenvalue weighted by Crippen LogP contribution is -2.17. The van der Waals surface area contributed by atoms with Gasteiger partial charge in [-0.1, -0.05) is 0 Å². The number of fused-ring (bicyclic) bond motifs is 2. The summed E-state index contributed by atoms with van der Waals surface area (Å²) in [5.41, 5.74) is 3.61. The van der Waals surface area contributed by atoms with Gasteiger partial charge in [0.05, 0.1) is 10.2 Å². The van der Waals surface area contributed by atoms with Crippen molar-refractivity contribution in [3.05, 3.63) is 22.7 Å². The number of carboxylic acids is 1. The van der Waals surface area contributed by atoms with E-state index in [2.05, 4.69) is 34.1 Å². The number of hydrogen-bond donors (Lipinski definition) is 1. The number of nitrogens with zero attached hydrogens (tertiary/aromatic N) is 3. The number of aliphatic imine (C=N–C) groups is 1.